The average Bonchev–Trinajstić information content (AvgIpc) is 3.60. The van der Waals surface area contributed by atoms with Gasteiger partial charge in [-0.3, -0.25) is 9.59 Å². The Hall–Kier alpha value is -4.85. The number of aromatic amines is 1. The number of ether oxygens (including phenoxy) is 2. The quantitative estimate of drug-likeness (QED) is 0.172. The highest BCUT2D eigenvalue weighted by Gasteiger charge is 2.35. The zero-order chi connectivity index (χ0) is 38.4. The Morgan fingerprint density at radius 3 is 2.41 bits per heavy atom. The van der Waals surface area contributed by atoms with Gasteiger partial charge in [-0.15, -0.1) is 10.2 Å². The predicted molar refractivity (Wildman–Crippen MR) is 208 cm³/mol. The maximum absolute atomic E-state index is 14.3. The molecule has 286 valence electrons. The number of carbonyl (C=O) groups excluding carboxylic acids is 3. The summed E-state index contributed by atoms with van der Waals surface area (Å²) < 4.78 is 10.9. The van der Waals surface area contributed by atoms with Gasteiger partial charge in [-0.25, -0.2) is 14.7 Å². The fourth-order valence-electron chi connectivity index (χ4n) is 7.02. The van der Waals surface area contributed by atoms with Crippen LogP contribution < -0.4 is 20.9 Å². The number of alkyl carbamates (subject to hydrolysis) is 1. The van der Waals surface area contributed by atoms with Gasteiger partial charge in [0.25, 0.3) is 5.91 Å². The molecule has 1 atom stereocenters. The van der Waals surface area contributed by atoms with E-state index in [1.807, 2.05) is 51.2 Å². The summed E-state index contributed by atoms with van der Waals surface area (Å²) in [7, 11) is 0. The van der Waals surface area contributed by atoms with Crippen molar-refractivity contribution in [1.82, 2.24) is 25.5 Å². The number of morpholine rings is 1. The van der Waals surface area contributed by atoms with E-state index in [2.05, 4.69) is 38.4 Å². The molecule has 0 spiro atoms. The van der Waals surface area contributed by atoms with E-state index in [0.717, 1.165) is 54.0 Å². The normalized spacial score (nSPS) is 18.1. The molecule has 3 heterocycles. The van der Waals surface area contributed by atoms with E-state index in [1.165, 1.54) is 4.90 Å². The molecule has 6 rings (SSSR count). The molecule has 1 aliphatic carbocycles. The number of benzene rings is 2. The Bertz CT molecular complexity index is 1930. The Labute approximate surface area is 321 Å². The molecule has 1 saturated carbocycles. The number of aryl methyl sites for hydroxylation is 1. The number of nitrogens with two attached hydrogens (primary N) is 1. The van der Waals surface area contributed by atoms with Gasteiger partial charge in [0.1, 0.15) is 11.4 Å². The summed E-state index contributed by atoms with van der Waals surface area (Å²) in [5.74, 6) is 0.430. The number of pyridine rings is 1. The smallest absolute Gasteiger partial charge is 0.407 e. The third-order valence-corrected chi connectivity index (χ3v) is 10.0. The second-order valence-corrected chi connectivity index (χ2v) is 15.4. The maximum atomic E-state index is 14.3. The van der Waals surface area contributed by atoms with Crippen LogP contribution in [-0.2, 0) is 25.5 Å². The first kappa shape index (κ1) is 38.9. The van der Waals surface area contributed by atoms with Crippen LogP contribution in [0.15, 0.2) is 60.8 Å². The van der Waals surface area contributed by atoms with Gasteiger partial charge in [0.05, 0.1) is 24.9 Å². The van der Waals surface area contributed by atoms with Gasteiger partial charge in [-0.1, -0.05) is 24.3 Å². The molecule has 2 aromatic heterocycles. The Balaban J connectivity index is 1.17. The minimum absolute atomic E-state index is 0.157. The van der Waals surface area contributed by atoms with E-state index in [0.29, 0.717) is 49.7 Å². The van der Waals surface area contributed by atoms with Crippen LogP contribution in [0.1, 0.15) is 57.6 Å². The molecule has 3 amide bonds. The van der Waals surface area contributed by atoms with Gasteiger partial charge in [0.2, 0.25) is 11.2 Å². The summed E-state index contributed by atoms with van der Waals surface area (Å²) >= 11 is 5.94. The fourth-order valence-corrected chi connectivity index (χ4v) is 7.15. The highest BCUT2D eigenvalue weighted by molar-refractivity contribution is 6.28. The van der Waals surface area contributed by atoms with E-state index >= 15 is 0 Å². The number of aromatic nitrogens is 4. The maximum Gasteiger partial charge on any atom is 0.407 e. The third kappa shape index (κ3) is 9.82. The van der Waals surface area contributed by atoms with Crippen molar-refractivity contribution < 1.29 is 23.9 Å². The number of H-pyrrole nitrogens is 1. The molecule has 0 radical (unpaired) electrons. The van der Waals surface area contributed by atoms with Crippen molar-refractivity contribution in [2.75, 3.05) is 42.6 Å². The largest absolute Gasteiger partial charge is 0.444 e. The minimum Gasteiger partial charge on any atom is -0.444 e. The molecule has 14 heteroatoms. The van der Waals surface area contributed by atoms with E-state index in [9.17, 15) is 14.4 Å². The monoisotopic (exact) mass is 756 g/mol. The van der Waals surface area contributed by atoms with Crippen molar-refractivity contribution in [3.05, 3.63) is 77.2 Å². The van der Waals surface area contributed by atoms with Gasteiger partial charge in [0.15, 0.2) is 5.82 Å². The minimum atomic E-state index is -0.991. The molecule has 0 bridgehead atoms. The summed E-state index contributed by atoms with van der Waals surface area (Å²) in [6.45, 7) is 11.0. The third-order valence-electron chi connectivity index (χ3n) is 9.87. The van der Waals surface area contributed by atoms with Crippen molar-refractivity contribution >= 4 is 41.0 Å². The van der Waals surface area contributed by atoms with Crippen LogP contribution in [0.25, 0.3) is 22.5 Å². The van der Waals surface area contributed by atoms with E-state index < -0.39 is 23.6 Å². The zero-order valence-corrected chi connectivity index (χ0v) is 32.1. The predicted octanol–water partition coefficient (Wildman–Crippen LogP) is 6.09. The molecular weight excluding hydrogens is 708 g/mol. The highest BCUT2D eigenvalue weighted by atomic mass is 35.5. The fraction of sp³-hybridized carbons (Fsp3) is 0.450. The van der Waals surface area contributed by atoms with Crippen LogP contribution in [0, 0.1) is 18.8 Å². The van der Waals surface area contributed by atoms with E-state index in [4.69, 9.17) is 31.8 Å². The molecule has 0 unspecified atom stereocenters. The molecule has 4 N–H and O–H groups in total. The Morgan fingerprint density at radius 2 is 1.76 bits per heavy atom. The van der Waals surface area contributed by atoms with Crippen molar-refractivity contribution in [2.24, 2.45) is 17.6 Å². The van der Waals surface area contributed by atoms with Gasteiger partial charge < -0.3 is 30.4 Å². The van der Waals surface area contributed by atoms with Gasteiger partial charge in [-0.2, -0.15) is 0 Å². The molecule has 2 aliphatic rings. The second kappa shape index (κ2) is 17.1. The number of carbonyl (C=O) groups is 3. The molecule has 13 nitrogen and oxygen atoms in total. The van der Waals surface area contributed by atoms with Crippen LogP contribution in [0.2, 0.25) is 5.28 Å². The summed E-state index contributed by atoms with van der Waals surface area (Å²) in [6.07, 6.45) is 4.26. The Morgan fingerprint density at radius 1 is 1.04 bits per heavy atom. The molecule has 2 fully saturated rings. The number of hydrogen-bond donors (Lipinski definition) is 3. The summed E-state index contributed by atoms with van der Waals surface area (Å²) in [5, 5.41) is 10.9. The molecule has 1 saturated heterocycles. The average molecular weight is 757 g/mol. The number of halogens is 1. The van der Waals surface area contributed by atoms with E-state index in [-0.39, 0.29) is 29.4 Å². The summed E-state index contributed by atoms with van der Waals surface area (Å²) in [5.41, 5.74) is 11.1. The number of imide groups is 1. The van der Waals surface area contributed by atoms with Gasteiger partial charge >= 0.3 is 6.09 Å². The van der Waals surface area contributed by atoms with Crippen LogP contribution in [0.3, 0.4) is 0 Å². The number of nitrogens with zero attached hydrogens (tertiary/aromatic N) is 5. The summed E-state index contributed by atoms with van der Waals surface area (Å²) in [6, 6.07) is 16.0. The van der Waals surface area contributed by atoms with Crippen LogP contribution in [0.4, 0.5) is 16.3 Å². The summed E-state index contributed by atoms with van der Waals surface area (Å²) in [4.78, 5) is 51.9. The van der Waals surface area contributed by atoms with Crippen molar-refractivity contribution in [1.29, 1.82) is 0 Å². The van der Waals surface area contributed by atoms with Crippen LogP contribution in [-0.4, -0.2) is 82.6 Å². The Kier molecular flexibility index (Phi) is 12.3. The lowest BCUT2D eigenvalue weighted by molar-refractivity contribution is -0.130. The first-order valence-electron chi connectivity index (χ1n) is 18.5. The number of nitrogens with one attached hydrogen (secondary N) is 2. The lowest BCUT2D eigenvalue weighted by atomic mass is 9.81. The van der Waals surface area contributed by atoms with Crippen LogP contribution in [0.5, 0.6) is 0 Å². The highest BCUT2D eigenvalue weighted by Crippen LogP contribution is 2.33. The van der Waals surface area contributed by atoms with Crippen LogP contribution >= 0.6 is 11.6 Å². The molecule has 1 aliphatic heterocycles. The van der Waals surface area contributed by atoms with Crippen molar-refractivity contribution in [3.8, 4) is 22.5 Å². The lowest BCUT2D eigenvalue weighted by Crippen LogP contribution is -2.50. The first-order chi connectivity index (χ1) is 25.8. The molecule has 54 heavy (non-hydrogen) atoms. The first-order valence-corrected chi connectivity index (χ1v) is 18.9. The van der Waals surface area contributed by atoms with Gasteiger partial charge in [0, 0.05) is 42.9 Å². The molecule has 2 aromatic carbocycles. The number of anilines is 2. The topological polar surface area (TPSA) is 169 Å². The SMILES string of the molecule is Cc1cc(N2CCOCC2)ncc1-c1cccc(C[C@H](N)C(=O)N(c2ccc(-c3nnc(Cl)[nH]3)cc2)C(=O)[C@H]2CC[C@H](CNC(=O)OC(C)(C)C)CC2)c1. The number of rotatable bonds is 10. The lowest BCUT2D eigenvalue weighted by Gasteiger charge is -2.32. The van der Waals surface area contributed by atoms with E-state index in [1.54, 1.807) is 24.3 Å². The van der Waals surface area contributed by atoms with Crippen molar-refractivity contribution in [2.45, 2.75) is 71.4 Å². The second-order valence-electron chi connectivity index (χ2n) is 15.1. The standard InChI is InChI=1S/C40H49ClN8O5/c1-25-20-34(48-16-18-53-19-17-48)43-24-32(25)30-7-5-6-27(21-30)22-33(42)37(51)49(31-14-12-28(13-15-31)35-45-38(41)47-46-35)36(50)29-10-8-26(9-11-29)23-44-39(52)54-40(2,3)4/h5-7,12-15,20-21,24,26,29,33H,8-11,16-19,22-23,42H2,1-4H3,(H,44,52)(H,45,46,47)/t26-,29-,33-/m0/s1. The number of amides is 3. The molecule has 4 aromatic rings. The number of hydrogen-bond acceptors (Lipinski definition) is 10. The van der Waals surface area contributed by atoms with Crippen molar-refractivity contribution in [3.63, 3.8) is 0 Å². The van der Waals surface area contributed by atoms with Gasteiger partial charge in [-0.05, 0) is 124 Å². The zero-order valence-electron chi connectivity index (χ0n) is 31.3. The molecular formula is C40H49ClN8O5.